The zero-order chi connectivity index (χ0) is 22.6. The van der Waals surface area contributed by atoms with E-state index in [9.17, 15) is 18.0 Å². The van der Waals surface area contributed by atoms with Gasteiger partial charge in [-0.15, -0.1) is 0 Å². The maximum Gasteiger partial charge on any atom is 0.416 e. The number of halogens is 3. The summed E-state index contributed by atoms with van der Waals surface area (Å²) >= 11 is 0. The van der Waals surface area contributed by atoms with Gasteiger partial charge in [-0.05, 0) is 44.5 Å². The highest BCUT2D eigenvalue weighted by atomic mass is 19.4. The van der Waals surface area contributed by atoms with Gasteiger partial charge < -0.3 is 15.5 Å². The predicted octanol–water partition coefficient (Wildman–Crippen LogP) is 4.34. The summed E-state index contributed by atoms with van der Waals surface area (Å²) in [6.45, 7) is 9.10. The highest BCUT2D eigenvalue weighted by Gasteiger charge is 2.30. The lowest BCUT2D eigenvalue weighted by Crippen LogP contribution is -2.46. The van der Waals surface area contributed by atoms with Crippen molar-refractivity contribution in [2.24, 2.45) is 0 Å². The molecule has 0 unspecified atom stereocenters. The molecule has 0 saturated carbocycles. The summed E-state index contributed by atoms with van der Waals surface area (Å²) in [5.74, 6) is 0.806. The topological polar surface area (TPSA) is 60.5 Å². The summed E-state index contributed by atoms with van der Waals surface area (Å²) in [4.78, 5) is 20.7. The largest absolute Gasteiger partial charge is 0.416 e. The number of hydrogen-bond donors (Lipinski definition) is 2. The molecule has 2 amide bonds. The quantitative estimate of drug-likeness (QED) is 0.750. The van der Waals surface area contributed by atoms with Gasteiger partial charge in [0.2, 0.25) is 0 Å². The van der Waals surface area contributed by atoms with E-state index in [1.807, 2.05) is 26.8 Å². The van der Waals surface area contributed by atoms with Crippen LogP contribution in [0.5, 0.6) is 0 Å². The van der Waals surface area contributed by atoms with Crippen molar-refractivity contribution in [1.29, 1.82) is 0 Å². The van der Waals surface area contributed by atoms with E-state index in [0.717, 1.165) is 38.1 Å². The predicted molar refractivity (Wildman–Crippen MR) is 115 cm³/mol. The van der Waals surface area contributed by atoms with Gasteiger partial charge in [0.1, 0.15) is 5.82 Å². The molecular formula is C22H28F3N5O. The molecule has 2 heterocycles. The van der Waals surface area contributed by atoms with Crippen molar-refractivity contribution in [1.82, 2.24) is 15.2 Å². The van der Waals surface area contributed by atoms with E-state index in [1.165, 1.54) is 12.1 Å². The lowest BCUT2D eigenvalue weighted by molar-refractivity contribution is -0.137. The Balaban J connectivity index is 1.51. The number of urea groups is 1. The smallest absolute Gasteiger partial charge is 0.354 e. The van der Waals surface area contributed by atoms with Crippen molar-refractivity contribution in [3.05, 3.63) is 53.7 Å². The van der Waals surface area contributed by atoms with E-state index in [-0.39, 0.29) is 11.6 Å². The van der Waals surface area contributed by atoms with Crippen LogP contribution < -0.4 is 15.5 Å². The van der Waals surface area contributed by atoms with Crippen LogP contribution in [0, 0.1) is 0 Å². The van der Waals surface area contributed by atoms with E-state index in [4.69, 9.17) is 0 Å². The highest BCUT2D eigenvalue weighted by molar-refractivity contribution is 5.89. The van der Waals surface area contributed by atoms with Crippen LogP contribution in [0.15, 0.2) is 42.6 Å². The normalized spacial score (nSPS) is 15.6. The zero-order valence-corrected chi connectivity index (χ0v) is 18.0. The average molecular weight is 435 g/mol. The Kier molecular flexibility index (Phi) is 6.74. The van der Waals surface area contributed by atoms with Crippen molar-refractivity contribution in [2.75, 3.05) is 36.4 Å². The summed E-state index contributed by atoms with van der Waals surface area (Å²) in [5, 5.41) is 5.58. The van der Waals surface area contributed by atoms with Crippen LogP contribution in [0.4, 0.5) is 29.5 Å². The van der Waals surface area contributed by atoms with Crippen molar-refractivity contribution in [3.8, 4) is 0 Å². The number of amides is 2. The third-order valence-electron chi connectivity index (χ3n) is 4.85. The minimum absolute atomic E-state index is 0.287. The van der Waals surface area contributed by atoms with Gasteiger partial charge in [0.05, 0.1) is 17.4 Å². The molecule has 9 heteroatoms. The molecule has 31 heavy (non-hydrogen) atoms. The molecule has 0 radical (unpaired) electrons. The number of carbonyl (C=O) groups excluding carboxylic acids is 1. The van der Waals surface area contributed by atoms with Crippen molar-refractivity contribution in [2.45, 2.75) is 39.0 Å². The average Bonchev–Trinajstić information content (AvgIpc) is 2.67. The van der Waals surface area contributed by atoms with Gasteiger partial charge in [-0.1, -0.05) is 18.2 Å². The van der Waals surface area contributed by atoms with Gasteiger partial charge in [0, 0.05) is 38.3 Å². The number of alkyl halides is 3. The molecule has 1 aromatic heterocycles. The monoisotopic (exact) mass is 435 g/mol. The first kappa shape index (κ1) is 22.9. The van der Waals surface area contributed by atoms with Crippen molar-refractivity contribution in [3.63, 3.8) is 0 Å². The van der Waals surface area contributed by atoms with Crippen LogP contribution in [-0.4, -0.2) is 47.6 Å². The Morgan fingerprint density at radius 3 is 2.35 bits per heavy atom. The molecule has 1 aliphatic rings. The maximum absolute atomic E-state index is 12.9. The number of benzene rings is 1. The van der Waals surface area contributed by atoms with Crippen LogP contribution >= 0.6 is 0 Å². The first-order valence-corrected chi connectivity index (χ1v) is 10.2. The number of nitrogens with zero attached hydrogens (tertiary/aromatic N) is 3. The van der Waals surface area contributed by atoms with E-state index in [1.54, 1.807) is 18.3 Å². The van der Waals surface area contributed by atoms with Gasteiger partial charge in [0.15, 0.2) is 0 Å². The molecule has 6 nitrogen and oxygen atoms in total. The lowest BCUT2D eigenvalue weighted by atomic mass is 10.1. The third kappa shape index (κ3) is 6.85. The number of anilines is 2. The molecule has 0 spiro atoms. The van der Waals surface area contributed by atoms with Gasteiger partial charge in [-0.2, -0.15) is 13.2 Å². The number of rotatable bonds is 4. The Morgan fingerprint density at radius 1 is 1.06 bits per heavy atom. The molecule has 0 aliphatic carbocycles. The number of pyridine rings is 1. The van der Waals surface area contributed by atoms with Crippen molar-refractivity contribution < 1.29 is 18.0 Å². The van der Waals surface area contributed by atoms with E-state index in [2.05, 4.69) is 25.4 Å². The molecular weight excluding hydrogens is 407 g/mol. The van der Waals surface area contributed by atoms with Gasteiger partial charge in [-0.3, -0.25) is 4.90 Å². The highest BCUT2D eigenvalue weighted by Crippen LogP contribution is 2.30. The number of nitrogens with one attached hydrogen (secondary N) is 2. The fourth-order valence-corrected chi connectivity index (χ4v) is 3.39. The molecule has 1 aliphatic heterocycles. The van der Waals surface area contributed by atoms with Gasteiger partial charge >= 0.3 is 12.2 Å². The second-order valence-electron chi connectivity index (χ2n) is 8.70. The first-order chi connectivity index (χ1) is 14.5. The van der Waals surface area contributed by atoms with Crippen molar-refractivity contribution >= 4 is 17.5 Å². The molecule has 3 rings (SSSR count). The summed E-state index contributed by atoms with van der Waals surface area (Å²) < 4.78 is 38.7. The summed E-state index contributed by atoms with van der Waals surface area (Å²) in [7, 11) is 0. The van der Waals surface area contributed by atoms with Crippen LogP contribution in [-0.2, 0) is 12.7 Å². The molecule has 0 bridgehead atoms. The van der Waals surface area contributed by atoms with Crippen LogP contribution in [0.3, 0.4) is 0 Å². The van der Waals surface area contributed by atoms with E-state index >= 15 is 0 Å². The standard InChI is InChI=1S/C22H28F3N5O/c1-21(2,3)28-20(31)27-18-7-8-19(26-14-18)30-11-9-29(10-12-30)15-16-5-4-6-17(13-16)22(23,24)25/h4-8,13-14H,9-12,15H2,1-3H3,(H2,27,28,31). The fraction of sp³-hybridized carbons (Fsp3) is 0.455. The summed E-state index contributed by atoms with van der Waals surface area (Å²) in [6.07, 6.45) is -2.71. The molecule has 2 N–H and O–H groups in total. The fourth-order valence-electron chi connectivity index (χ4n) is 3.39. The van der Waals surface area contributed by atoms with Gasteiger partial charge in [0.25, 0.3) is 0 Å². The number of carbonyl (C=O) groups is 1. The van der Waals surface area contributed by atoms with E-state index in [0.29, 0.717) is 17.8 Å². The third-order valence-corrected chi connectivity index (χ3v) is 4.85. The SMILES string of the molecule is CC(C)(C)NC(=O)Nc1ccc(N2CCN(Cc3cccc(C(F)(F)F)c3)CC2)nc1. The molecule has 1 fully saturated rings. The molecule has 2 aromatic rings. The van der Waals surface area contributed by atoms with Crippen LogP contribution in [0.2, 0.25) is 0 Å². The molecule has 1 saturated heterocycles. The summed E-state index contributed by atoms with van der Waals surface area (Å²) in [5.41, 5.74) is 0.322. The van der Waals surface area contributed by atoms with Gasteiger partial charge in [-0.25, -0.2) is 9.78 Å². The Morgan fingerprint density at radius 2 is 1.77 bits per heavy atom. The molecule has 1 aromatic carbocycles. The van der Waals surface area contributed by atoms with E-state index < -0.39 is 11.7 Å². The molecule has 0 atom stereocenters. The number of hydrogen-bond acceptors (Lipinski definition) is 4. The molecule has 168 valence electrons. The minimum atomic E-state index is -4.32. The second kappa shape index (κ2) is 9.13. The Labute approximate surface area is 180 Å². The van der Waals surface area contributed by atoms with Crippen LogP contribution in [0.25, 0.3) is 0 Å². The summed E-state index contributed by atoms with van der Waals surface area (Å²) in [6, 6.07) is 8.87. The number of aromatic nitrogens is 1. The Hall–Kier alpha value is -2.81. The maximum atomic E-state index is 12.9. The number of piperazine rings is 1. The lowest BCUT2D eigenvalue weighted by Gasteiger charge is -2.35. The minimum Gasteiger partial charge on any atom is -0.354 e. The second-order valence-corrected chi connectivity index (χ2v) is 8.70. The zero-order valence-electron chi connectivity index (χ0n) is 18.0. The first-order valence-electron chi connectivity index (χ1n) is 10.2. The Bertz CT molecular complexity index is 885. The van der Waals surface area contributed by atoms with Crippen LogP contribution in [0.1, 0.15) is 31.9 Å².